The predicted molar refractivity (Wildman–Crippen MR) is 65.8 cm³/mol. The fourth-order valence-electron chi connectivity index (χ4n) is 1.54. The molecule has 5 heteroatoms. The van der Waals surface area contributed by atoms with E-state index in [4.69, 9.17) is 5.11 Å². The lowest BCUT2D eigenvalue weighted by atomic mass is 10.1. The van der Waals surface area contributed by atoms with Gasteiger partial charge in [-0.15, -0.1) is 0 Å². The maximum absolute atomic E-state index is 12.8. The van der Waals surface area contributed by atoms with Gasteiger partial charge >= 0.3 is 5.97 Å². The minimum atomic E-state index is -1.10. The molecule has 0 heterocycles. The summed E-state index contributed by atoms with van der Waals surface area (Å²) in [5, 5.41) is 8.81. The molecule has 0 radical (unpaired) electrons. The van der Waals surface area contributed by atoms with Crippen LogP contribution in [0.2, 0.25) is 0 Å². The lowest BCUT2D eigenvalue weighted by Crippen LogP contribution is -2.36. The number of nitrogens with zero attached hydrogens (tertiary/aromatic N) is 1. The number of halogens is 1. The Morgan fingerprint density at radius 3 is 2.28 bits per heavy atom. The highest BCUT2D eigenvalue weighted by molar-refractivity contribution is 5.97. The molecule has 1 aromatic rings. The molecule has 0 aliphatic heterocycles. The number of hydrogen-bond acceptors (Lipinski definition) is 2. The van der Waals surface area contributed by atoms with Gasteiger partial charge < -0.3 is 10.0 Å². The van der Waals surface area contributed by atoms with Crippen molar-refractivity contribution in [1.82, 2.24) is 0 Å². The van der Waals surface area contributed by atoms with Gasteiger partial charge in [0.15, 0.2) is 0 Å². The summed E-state index contributed by atoms with van der Waals surface area (Å²) in [5.74, 6) is -1.67. The molecule has 1 aromatic carbocycles. The van der Waals surface area contributed by atoms with Gasteiger partial charge in [-0.1, -0.05) is 13.8 Å². The van der Waals surface area contributed by atoms with E-state index < -0.39 is 18.3 Å². The van der Waals surface area contributed by atoms with Crippen LogP contribution in [0.3, 0.4) is 0 Å². The first-order valence-electron chi connectivity index (χ1n) is 5.68. The monoisotopic (exact) mass is 253 g/mol. The summed E-state index contributed by atoms with van der Waals surface area (Å²) < 4.78 is 12.8. The van der Waals surface area contributed by atoms with Crippen molar-refractivity contribution in [3.63, 3.8) is 0 Å². The number of anilines is 1. The molecule has 0 bridgehead atoms. The van der Waals surface area contributed by atoms with Crippen LogP contribution in [0.15, 0.2) is 24.3 Å². The molecule has 0 unspecified atom stereocenters. The van der Waals surface area contributed by atoms with Crippen molar-refractivity contribution in [3.05, 3.63) is 30.1 Å². The Bertz CT molecular complexity index is 428. The molecule has 1 N–H and O–H groups in total. The molecule has 18 heavy (non-hydrogen) atoms. The quantitative estimate of drug-likeness (QED) is 0.875. The van der Waals surface area contributed by atoms with Gasteiger partial charge in [-0.05, 0) is 30.2 Å². The number of carboxylic acids is 1. The molecule has 0 spiro atoms. The van der Waals surface area contributed by atoms with Crippen molar-refractivity contribution in [1.29, 1.82) is 0 Å². The van der Waals surface area contributed by atoms with Crippen LogP contribution in [0.25, 0.3) is 0 Å². The van der Waals surface area contributed by atoms with Crippen molar-refractivity contribution in [2.45, 2.75) is 20.3 Å². The van der Waals surface area contributed by atoms with Gasteiger partial charge in [-0.3, -0.25) is 9.59 Å². The third-order valence-electron chi connectivity index (χ3n) is 2.32. The zero-order chi connectivity index (χ0) is 13.7. The summed E-state index contributed by atoms with van der Waals surface area (Å²) in [6.45, 7) is 3.33. The highest BCUT2D eigenvalue weighted by atomic mass is 19.1. The lowest BCUT2D eigenvalue weighted by molar-refractivity contribution is -0.136. The summed E-state index contributed by atoms with van der Waals surface area (Å²) in [6.07, 6.45) is 0.255. The molecule has 0 atom stereocenters. The predicted octanol–water partition coefficient (Wildman–Crippen LogP) is 2.29. The number of aliphatic carboxylic acids is 1. The van der Waals surface area contributed by atoms with Gasteiger partial charge in [0.1, 0.15) is 12.4 Å². The normalized spacial score (nSPS) is 10.4. The molecule has 0 fully saturated rings. The van der Waals surface area contributed by atoms with E-state index in [2.05, 4.69) is 0 Å². The molecule has 1 rings (SSSR count). The molecule has 0 aliphatic rings. The Hall–Kier alpha value is -1.91. The number of amides is 1. The Kier molecular flexibility index (Phi) is 4.83. The van der Waals surface area contributed by atoms with Gasteiger partial charge in [0.05, 0.1) is 0 Å². The minimum Gasteiger partial charge on any atom is -0.480 e. The summed E-state index contributed by atoms with van der Waals surface area (Å²) in [6, 6.07) is 5.20. The summed E-state index contributed by atoms with van der Waals surface area (Å²) in [5.41, 5.74) is 0.393. The van der Waals surface area contributed by atoms with Crippen LogP contribution < -0.4 is 4.90 Å². The fourth-order valence-corrected chi connectivity index (χ4v) is 1.54. The summed E-state index contributed by atoms with van der Waals surface area (Å²) in [4.78, 5) is 23.9. The van der Waals surface area contributed by atoms with Crippen LogP contribution in [0.5, 0.6) is 0 Å². The smallest absolute Gasteiger partial charge is 0.323 e. The average molecular weight is 253 g/mol. The van der Waals surface area contributed by atoms with E-state index >= 15 is 0 Å². The van der Waals surface area contributed by atoms with Gasteiger partial charge in [0, 0.05) is 12.1 Å². The highest BCUT2D eigenvalue weighted by Crippen LogP contribution is 2.17. The number of rotatable bonds is 5. The van der Waals surface area contributed by atoms with Gasteiger partial charge in [0.2, 0.25) is 5.91 Å². The van der Waals surface area contributed by atoms with E-state index in [1.165, 1.54) is 24.3 Å². The van der Waals surface area contributed by atoms with Crippen molar-refractivity contribution < 1.29 is 19.1 Å². The van der Waals surface area contributed by atoms with Gasteiger partial charge in [0.25, 0.3) is 0 Å². The van der Waals surface area contributed by atoms with Crippen molar-refractivity contribution in [2.75, 3.05) is 11.4 Å². The molecule has 0 saturated heterocycles. The van der Waals surface area contributed by atoms with Crippen LogP contribution in [0, 0.1) is 11.7 Å². The fraction of sp³-hybridized carbons (Fsp3) is 0.385. The Morgan fingerprint density at radius 2 is 1.83 bits per heavy atom. The van der Waals surface area contributed by atoms with Gasteiger partial charge in [-0.25, -0.2) is 4.39 Å². The molecular formula is C13H16FNO3. The number of benzene rings is 1. The van der Waals surface area contributed by atoms with E-state index in [-0.39, 0.29) is 18.2 Å². The van der Waals surface area contributed by atoms with E-state index in [0.717, 1.165) is 4.90 Å². The van der Waals surface area contributed by atoms with Crippen LogP contribution >= 0.6 is 0 Å². The van der Waals surface area contributed by atoms with Crippen LogP contribution in [-0.4, -0.2) is 23.5 Å². The van der Waals surface area contributed by atoms with Crippen molar-refractivity contribution in [3.8, 4) is 0 Å². The van der Waals surface area contributed by atoms with E-state index in [1.54, 1.807) is 0 Å². The molecule has 98 valence electrons. The molecular weight excluding hydrogens is 237 g/mol. The van der Waals surface area contributed by atoms with Crippen LogP contribution in [0.4, 0.5) is 10.1 Å². The average Bonchev–Trinajstić information content (AvgIpc) is 2.26. The van der Waals surface area contributed by atoms with Crippen molar-refractivity contribution in [2.24, 2.45) is 5.92 Å². The SMILES string of the molecule is CC(C)CC(=O)N(CC(=O)O)c1ccc(F)cc1. The van der Waals surface area contributed by atoms with Crippen LogP contribution in [-0.2, 0) is 9.59 Å². The van der Waals surface area contributed by atoms with Crippen LogP contribution in [0.1, 0.15) is 20.3 Å². The topological polar surface area (TPSA) is 57.6 Å². The number of carbonyl (C=O) groups is 2. The second-order valence-electron chi connectivity index (χ2n) is 4.45. The molecule has 1 amide bonds. The zero-order valence-electron chi connectivity index (χ0n) is 10.4. The maximum atomic E-state index is 12.8. The second-order valence-corrected chi connectivity index (χ2v) is 4.45. The summed E-state index contributed by atoms with van der Waals surface area (Å²) >= 11 is 0. The number of carbonyl (C=O) groups excluding carboxylic acids is 1. The highest BCUT2D eigenvalue weighted by Gasteiger charge is 2.19. The Labute approximate surface area is 105 Å². The third kappa shape index (κ3) is 4.16. The summed E-state index contributed by atoms with van der Waals surface area (Å²) in [7, 11) is 0. The largest absolute Gasteiger partial charge is 0.480 e. The van der Waals surface area contributed by atoms with E-state index in [9.17, 15) is 14.0 Å². The third-order valence-corrected chi connectivity index (χ3v) is 2.32. The second kappa shape index (κ2) is 6.14. The van der Waals surface area contributed by atoms with Crippen molar-refractivity contribution >= 4 is 17.6 Å². The Morgan fingerprint density at radius 1 is 1.28 bits per heavy atom. The van der Waals surface area contributed by atoms with E-state index in [0.29, 0.717) is 5.69 Å². The minimum absolute atomic E-state index is 0.134. The zero-order valence-corrected chi connectivity index (χ0v) is 10.4. The maximum Gasteiger partial charge on any atom is 0.323 e. The number of hydrogen-bond donors (Lipinski definition) is 1. The Balaban J connectivity index is 2.93. The van der Waals surface area contributed by atoms with E-state index in [1.807, 2.05) is 13.8 Å². The first kappa shape index (κ1) is 14.2. The molecule has 0 aliphatic carbocycles. The first-order valence-corrected chi connectivity index (χ1v) is 5.68. The lowest BCUT2D eigenvalue weighted by Gasteiger charge is -2.21. The molecule has 0 saturated carbocycles. The first-order chi connectivity index (χ1) is 8.40. The molecule has 0 aromatic heterocycles. The van der Waals surface area contributed by atoms with Gasteiger partial charge in [-0.2, -0.15) is 0 Å². The molecule has 4 nitrogen and oxygen atoms in total. The number of carboxylic acid groups (broad SMARTS) is 1. The standard InChI is InChI=1S/C13H16FNO3/c1-9(2)7-12(16)15(8-13(17)18)11-5-3-10(14)4-6-11/h3-6,9H,7-8H2,1-2H3,(H,17,18).